The third kappa shape index (κ3) is 4.67. The first kappa shape index (κ1) is 16.2. The molecule has 20 heavy (non-hydrogen) atoms. The average molecular weight is 286 g/mol. The second-order valence-electron chi connectivity index (χ2n) is 6.24. The first-order chi connectivity index (χ1) is 9.78. The number of hydrogen-bond acceptors (Lipinski definition) is 5. The molecule has 2 heterocycles. The molecule has 2 rings (SSSR count). The van der Waals surface area contributed by atoms with Gasteiger partial charge in [-0.15, -0.1) is 0 Å². The van der Waals surface area contributed by atoms with Crippen molar-refractivity contribution in [2.24, 2.45) is 5.41 Å². The number of aliphatic hydroxyl groups is 1. The molecule has 0 aromatic carbocycles. The van der Waals surface area contributed by atoms with E-state index in [0.717, 1.165) is 59.0 Å². The lowest BCUT2D eigenvalue weighted by molar-refractivity contribution is -0.0809. The molecule has 0 spiro atoms. The summed E-state index contributed by atoms with van der Waals surface area (Å²) in [5.74, 6) is 0. The number of rotatable bonds is 7. The Morgan fingerprint density at radius 3 is 3.00 bits per heavy atom. The molecule has 0 saturated carbocycles. The molecule has 2 N–H and O–H groups in total. The largest absolute Gasteiger partial charge is 0.394 e. The van der Waals surface area contributed by atoms with E-state index in [9.17, 15) is 5.11 Å². The Hall–Kier alpha value is -0.200. The van der Waals surface area contributed by atoms with Crippen molar-refractivity contribution < 1.29 is 14.6 Å². The van der Waals surface area contributed by atoms with Crippen LogP contribution in [0, 0.1) is 5.41 Å². The highest BCUT2D eigenvalue weighted by molar-refractivity contribution is 4.88. The van der Waals surface area contributed by atoms with Gasteiger partial charge in [-0.3, -0.25) is 4.90 Å². The Labute approximate surface area is 122 Å². The minimum Gasteiger partial charge on any atom is -0.394 e. The molecule has 0 bridgehead atoms. The smallest absolute Gasteiger partial charge is 0.0932 e. The monoisotopic (exact) mass is 286 g/mol. The van der Waals surface area contributed by atoms with Gasteiger partial charge in [0.15, 0.2) is 0 Å². The van der Waals surface area contributed by atoms with Gasteiger partial charge in [-0.1, -0.05) is 6.92 Å². The molecule has 118 valence electrons. The fourth-order valence-corrected chi connectivity index (χ4v) is 3.27. The van der Waals surface area contributed by atoms with Crippen LogP contribution in [0.2, 0.25) is 0 Å². The Bertz CT molecular complexity index is 270. The number of nitrogens with zero attached hydrogens (tertiary/aromatic N) is 1. The zero-order valence-electron chi connectivity index (χ0n) is 12.8. The number of ether oxygens (including phenoxy) is 2. The van der Waals surface area contributed by atoms with E-state index in [1.54, 1.807) is 0 Å². The predicted octanol–water partition coefficient (Wildman–Crippen LogP) is 0.476. The molecule has 0 amide bonds. The van der Waals surface area contributed by atoms with E-state index >= 15 is 0 Å². The highest BCUT2D eigenvalue weighted by Crippen LogP contribution is 2.29. The lowest BCUT2D eigenvalue weighted by Gasteiger charge is -2.43. The molecule has 2 unspecified atom stereocenters. The maximum absolute atomic E-state index is 9.26. The molecule has 2 aliphatic rings. The fraction of sp³-hybridized carbons (Fsp3) is 1.00. The quantitative estimate of drug-likeness (QED) is 0.667. The molecule has 2 aliphatic heterocycles. The van der Waals surface area contributed by atoms with Crippen molar-refractivity contribution in [2.45, 2.75) is 32.3 Å². The molecular weight excluding hydrogens is 256 g/mol. The summed E-state index contributed by atoms with van der Waals surface area (Å²) in [5.41, 5.74) is 0.227. The van der Waals surface area contributed by atoms with Gasteiger partial charge in [0.05, 0.1) is 25.9 Å². The summed E-state index contributed by atoms with van der Waals surface area (Å²) < 4.78 is 11.3. The van der Waals surface area contributed by atoms with Crippen LogP contribution in [0.1, 0.15) is 26.2 Å². The number of morpholine rings is 1. The van der Waals surface area contributed by atoms with Crippen LogP contribution in [0.25, 0.3) is 0 Å². The standard InChI is InChI=1S/C15H30N2O3/c1-2-5-16-11-15(4-3-7-19-13-15)12-17-6-8-20-14(9-17)10-18/h14,16,18H,2-13H2,1H3. The molecule has 0 aromatic rings. The molecular formula is C15H30N2O3. The van der Waals surface area contributed by atoms with Crippen LogP contribution in [-0.2, 0) is 9.47 Å². The highest BCUT2D eigenvalue weighted by atomic mass is 16.5. The number of hydrogen-bond donors (Lipinski definition) is 2. The van der Waals surface area contributed by atoms with Crippen molar-refractivity contribution in [1.82, 2.24) is 10.2 Å². The Kier molecular flexibility index (Phi) is 6.71. The molecule has 2 atom stereocenters. The first-order valence-electron chi connectivity index (χ1n) is 8.01. The molecule has 5 nitrogen and oxygen atoms in total. The van der Waals surface area contributed by atoms with Crippen LogP contribution in [0.4, 0.5) is 0 Å². The van der Waals surface area contributed by atoms with Crippen LogP contribution >= 0.6 is 0 Å². The van der Waals surface area contributed by atoms with E-state index in [1.807, 2.05) is 0 Å². The second-order valence-corrected chi connectivity index (χ2v) is 6.24. The minimum atomic E-state index is -0.0195. The Morgan fingerprint density at radius 1 is 1.40 bits per heavy atom. The fourth-order valence-electron chi connectivity index (χ4n) is 3.27. The first-order valence-corrected chi connectivity index (χ1v) is 8.01. The van der Waals surface area contributed by atoms with E-state index in [0.29, 0.717) is 0 Å². The summed E-state index contributed by atoms with van der Waals surface area (Å²) in [7, 11) is 0. The number of aliphatic hydroxyl groups excluding tert-OH is 1. The van der Waals surface area contributed by atoms with Crippen molar-refractivity contribution in [2.75, 3.05) is 59.2 Å². The molecule has 0 radical (unpaired) electrons. The van der Waals surface area contributed by atoms with Crippen LogP contribution < -0.4 is 5.32 Å². The summed E-state index contributed by atoms with van der Waals surface area (Å²) in [5, 5.41) is 12.8. The zero-order chi connectivity index (χ0) is 14.3. The van der Waals surface area contributed by atoms with E-state index < -0.39 is 0 Å². The van der Waals surface area contributed by atoms with Crippen LogP contribution in [-0.4, -0.2) is 75.3 Å². The predicted molar refractivity (Wildman–Crippen MR) is 78.9 cm³/mol. The van der Waals surface area contributed by atoms with Crippen molar-refractivity contribution in [3.05, 3.63) is 0 Å². The van der Waals surface area contributed by atoms with E-state index in [1.165, 1.54) is 12.8 Å². The number of nitrogens with one attached hydrogen (secondary N) is 1. The third-order valence-electron chi connectivity index (χ3n) is 4.32. The molecule has 5 heteroatoms. The summed E-state index contributed by atoms with van der Waals surface area (Å²) in [6, 6.07) is 0. The van der Waals surface area contributed by atoms with Gasteiger partial charge >= 0.3 is 0 Å². The van der Waals surface area contributed by atoms with E-state index in [-0.39, 0.29) is 18.1 Å². The summed E-state index contributed by atoms with van der Waals surface area (Å²) in [6.07, 6.45) is 3.53. The summed E-state index contributed by atoms with van der Waals surface area (Å²) in [4.78, 5) is 2.44. The van der Waals surface area contributed by atoms with Gasteiger partial charge in [0.1, 0.15) is 0 Å². The summed E-state index contributed by atoms with van der Waals surface area (Å²) in [6.45, 7) is 9.75. The van der Waals surface area contributed by atoms with Gasteiger partial charge in [0.25, 0.3) is 0 Å². The van der Waals surface area contributed by atoms with E-state index in [4.69, 9.17) is 9.47 Å². The van der Waals surface area contributed by atoms with Gasteiger partial charge in [0, 0.05) is 38.2 Å². The topological polar surface area (TPSA) is 54.0 Å². The highest BCUT2D eigenvalue weighted by Gasteiger charge is 2.35. The van der Waals surface area contributed by atoms with Crippen molar-refractivity contribution >= 4 is 0 Å². The van der Waals surface area contributed by atoms with Gasteiger partial charge in [-0.05, 0) is 25.8 Å². The second kappa shape index (κ2) is 8.29. The normalized spacial score (nSPS) is 32.4. The van der Waals surface area contributed by atoms with Crippen molar-refractivity contribution in [3.63, 3.8) is 0 Å². The maximum atomic E-state index is 9.26. The van der Waals surface area contributed by atoms with Gasteiger partial charge < -0.3 is 19.9 Å². The SMILES string of the molecule is CCCNCC1(CN2CCOC(CO)C2)CCCOC1. The van der Waals surface area contributed by atoms with Gasteiger partial charge in [-0.25, -0.2) is 0 Å². The van der Waals surface area contributed by atoms with Crippen molar-refractivity contribution in [1.29, 1.82) is 0 Å². The maximum Gasteiger partial charge on any atom is 0.0932 e. The molecule has 0 aromatic heterocycles. The zero-order valence-corrected chi connectivity index (χ0v) is 12.8. The third-order valence-corrected chi connectivity index (χ3v) is 4.32. The van der Waals surface area contributed by atoms with Gasteiger partial charge in [-0.2, -0.15) is 0 Å². The summed E-state index contributed by atoms with van der Waals surface area (Å²) >= 11 is 0. The lowest BCUT2D eigenvalue weighted by Crippen LogP contribution is -2.53. The lowest BCUT2D eigenvalue weighted by atomic mass is 9.81. The Balaban J connectivity index is 1.88. The molecule has 0 aliphatic carbocycles. The minimum absolute atomic E-state index is 0.0195. The van der Waals surface area contributed by atoms with Crippen LogP contribution in [0.15, 0.2) is 0 Å². The van der Waals surface area contributed by atoms with Crippen LogP contribution in [0.3, 0.4) is 0 Å². The van der Waals surface area contributed by atoms with E-state index in [2.05, 4.69) is 17.1 Å². The average Bonchev–Trinajstić information content (AvgIpc) is 2.48. The van der Waals surface area contributed by atoms with Crippen LogP contribution in [0.5, 0.6) is 0 Å². The Morgan fingerprint density at radius 2 is 2.30 bits per heavy atom. The molecule has 2 saturated heterocycles. The van der Waals surface area contributed by atoms with Gasteiger partial charge in [0.2, 0.25) is 0 Å². The van der Waals surface area contributed by atoms with Crippen molar-refractivity contribution in [3.8, 4) is 0 Å². The molecule has 2 fully saturated rings.